The minimum Gasteiger partial charge on any atom is -0.433 e. The van der Waals surface area contributed by atoms with Crippen molar-refractivity contribution in [2.24, 2.45) is 0 Å². The van der Waals surface area contributed by atoms with Gasteiger partial charge in [0.05, 0.1) is 12.9 Å². The lowest BCUT2D eigenvalue weighted by atomic mass is 10.1. The Bertz CT molecular complexity index is 527. The highest BCUT2D eigenvalue weighted by molar-refractivity contribution is 6.31. The highest BCUT2D eigenvalue weighted by atomic mass is 35.5. The van der Waals surface area contributed by atoms with E-state index in [-0.39, 0.29) is 6.61 Å². The Hall–Kier alpha value is -1.85. The molecule has 1 unspecified atom stereocenters. The van der Waals surface area contributed by atoms with Gasteiger partial charge in [0, 0.05) is 16.2 Å². The SMILES string of the molecule is O=C(NC1C(=O)OC=C1CO)c1cccc(Cl)c1. The van der Waals surface area contributed by atoms with Crippen molar-refractivity contribution in [1.82, 2.24) is 5.32 Å². The van der Waals surface area contributed by atoms with E-state index < -0.39 is 17.9 Å². The number of esters is 1. The fraction of sp³-hybridized carbons (Fsp3) is 0.167. The number of cyclic esters (lactones) is 1. The van der Waals surface area contributed by atoms with Crippen molar-refractivity contribution >= 4 is 23.5 Å². The van der Waals surface area contributed by atoms with Crippen LogP contribution >= 0.6 is 11.6 Å². The smallest absolute Gasteiger partial charge is 0.338 e. The van der Waals surface area contributed by atoms with Gasteiger partial charge >= 0.3 is 5.97 Å². The zero-order chi connectivity index (χ0) is 13.1. The van der Waals surface area contributed by atoms with E-state index in [1.807, 2.05) is 0 Å². The monoisotopic (exact) mass is 267 g/mol. The van der Waals surface area contributed by atoms with E-state index >= 15 is 0 Å². The summed E-state index contributed by atoms with van der Waals surface area (Å²) in [5, 5.41) is 11.9. The maximum absolute atomic E-state index is 11.9. The minimum atomic E-state index is -0.943. The predicted molar refractivity (Wildman–Crippen MR) is 64.0 cm³/mol. The Morgan fingerprint density at radius 3 is 2.94 bits per heavy atom. The number of carbonyl (C=O) groups excluding carboxylic acids is 2. The zero-order valence-electron chi connectivity index (χ0n) is 9.22. The van der Waals surface area contributed by atoms with Gasteiger partial charge in [-0.15, -0.1) is 0 Å². The van der Waals surface area contributed by atoms with Gasteiger partial charge in [0.25, 0.3) is 5.91 Å². The van der Waals surface area contributed by atoms with Gasteiger partial charge in [-0.2, -0.15) is 0 Å². The van der Waals surface area contributed by atoms with Crippen LogP contribution in [0.25, 0.3) is 0 Å². The quantitative estimate of drug-likeness (QED) is 0.797. The van der Waals surface area contributed by atoms with E-state index in [9.17, 15) is 9.59 Å². The van der Waals surface area contributed by atoms with E-state index in [0.717, 1.165) is 6.26 Å². The van der Waals surface area contributed by atoms with Crippen LogP contribution in [0.5, 0.6) is 0 Å². The molecule has 1 aliphatic rings. The van der Waals surface area contributed by atoms with Crippen molar-refractivity contribution in [2.45, 2.75) is 6.04 Å². The summed E-state index contributed by atoms with van der Waals surface area (Å²) in [5.74, 6) is -1.07. The summed E-state index contributed by atoms with van der Waals surface area (Å²) in [7, 11) is 0. The lowest BCUT2D eigenvalue weighted by Gasteiger charge is -2.12. The first-order chi connectivity index (χ1) is 8.61. The maximum atomic E-state index is 11.9. The zero-order valence-corrected chi connectivity index (χ0v) is 9.98. The summed E-state index contributed by atoms with van der Waals surface area (Å²) in [5.41, 5.74) is 0.648. The number of aliphatic hydroxyl groups excluding tert-OH is 1. The molecule has 1 heterocycles. The largest absolute Gasteiger partial charge is 0.433 e. The normalized spacial score (nSPS) is 18.2. The van der Waals surface area contributed by atoms with E-state index in [4.69, 9.17) is 16.7 Å². The molecule has 1 aromatic carbocycles. The molecule has 18 heavy (non-hydrogen) atoms. The number of nitrogens with one attached hydrogen (secondary N) is 1. The number of carbonyl (C=O) groups is 2. The molecule has 0 spiro atoms. The van der Waals surface area contributed by atoms with Crippen LogP contribution in [0.2, 0.25) is 5.02 Å². The Labute approximate surface area is 108 Å². The number of halogens is 1. The molecule has 5 nitrogen and oxygen atoms in total. The fourth-order valence-corrected chi connectivity index (χ4v) is 1.74. The van der Waals surface area contributed by atoms with Crippen molar-refractivity contribution in [1.29, 1.82) is 0 Å². The lowest BCUT2D eigenvalue weighted by molar-refractivity contribution is -0.137. The summed E-state index contributed by atoms with van der Waals surface area (Å²) in [6.45, 7) is -0.355. The highest BCUT2D eigenvalue weighted by Crippen LogP contribution is 2.15. The molecule has 94 valence electrons. The van der Waals surface area contributed by atoms with Crippen molar-refractivity contribution in [3.8, 4) is 0 Å². The third-order valence-electron chi connectivity index (χ3n) is 2.48. The Balaban J connectivity index is 2.12. The van der Waals surface area contributed by atoms with Crippen molar-refractivity contribution < 1.29 is 19.4 Å². The molecule has 0 bridgehead atoms. The first kappa shape index (κ1) is 12.6. The van der Waals surface area contributed by atoms with Crippen LogP contribution in [0.15, 0.2) is 36.1 Å². The molecular weight excluding hydrogens is 258 g/mol. The number of benzene rings is 1. The van der Waals surface area contributed by atoms with Gasteiger partial charge in [-0.25, -0.2) is 4.79 Å². The fourth-order valence-electron chi connectivity index (χ4n) is 1.55. The molecule has 0 saturated heterocycles. The van der Waals surface area contributed by atoms with Crippen LogP contribution in [0, 0.1) is 0 Å². The molecule has 0 aromatic heterocycles. The van der Waals surface area contributed by atoms with Crippen LogP contribution in [0.4, 0.5) is 0 Å². The van der Waals surface area contributed by atoms with Crippen LogP contribution in [-0.2, 0) is 9.53 Å². The van der Waals surface area contributed by atoms with E-state index in [1.165, 1.54) is 6.07 Å². The van der Waals surface area contributed by atoms with Gasteiger partial charge in [0.15, 0.2) is 6.04 Å². The van der Waals surface area contributed by atoms with Gasteiger partial charge in [-0.3, -0.25) is 4.79 Å². The van der Waals surface area contributed by atoms with Crippen LogP contribution in [0.1, 0.15) is 10.4 Å². The summed E-state index contributed by atoms with van der Waals surface area (Å²) >= 11 is 5.77. The molecular formula is C12H10ClNO4. The average Bonchev–Trinajstić information content (AvgIpc) is 2.70. The molecule has 1 aromatic rings. The van der Waals surface area contributed by atoms with E-state index in [1.54, 1.807) is 18.2 Å². The topological polar surface area (TPSA) is 75.6 Å². The number of amides is 1. The Morgan fingerprint density at radius 1 is 1.50 bits per heavy atom. The minimum absolute atomic E-state index is 0.315. The molecule has 1 amide bonds. The lowest BCUT2D eigenvalue weighted by Crippen LogP contribution is -2.40. The van der Waals surface area contributed by atoms with Crippen molar-refractivity contribution in [2.75, 3.05) is 6.61 Å². The third kappa shape index (κ3) is 2.52. The maximum Gasteiger partial charge on any atom is 0.338 e. The molecule has 0 aliphatic carbocycles. The molecule has 6 heteroatoms. The predicted octanol–water partition coefficient (Wildman–Crippen LogP) is 0.871. The van der Waals surface area contributed by atoms with Crippen LogP contribution in [-0.4, -0.2) is 29.6 Å². The molecule has 2 rings (SSSR count). The average molecular weight is 268 g/mol. The van der Waals surface area contributed by atoms with Crippen LogP contribution in [0.3, 0.4) is 0 Å². The van der Waals surface area contributed by atoms with Crippen molar-refractivity contribution in [3.05, 3.63) is 46.7 Å². The van der Waals surface area contributed by atoms with Gasteiger partial charge in [-0.1, -0.05) is 17.7 Å². The first-order valence-corrected chi connectivity index (χ1v) is 5.56. The number of ether oxygens (including phenoxy) is 1. The Morgan fingerprint density at radius 2 is 2.28 bits per heavy atom. The Kier molecular flexibility index (Phi) is 3.64. The van der Waals surface area contributed by atoms with Crippen LogP contribution < -0.4 is 5.32 Å². The number of aliphatic hydroxyl groups is 1. The second kappa shape index (κ2) is 5.20. The second-order valence-corrected chi connectivity index (χ2v) is 4.14. The summed E-state index contributed by atoms with van der Waals surface area (Å²) in [6, 6.07) is 5.39. The van der Waals surface area contributed by atoms with Crippen molar-refractivity contribution in [3.63, 3.8) is 0 Å². The molecule has 0 radical (unpaired) electrons. The van der Waals surface area contributed by atoms with Gasteiger partial charge < -0.3 is 15.2 Å². The van der Waals surface area contributed by atoms with Gasteiger partial charge in [0.2, 0.25) is 0 Å². The molecule has 0 saturated carbocycles. The third-order valence-corrected chi connectivity index (χ3v) is 2.71. The van der Waals surface area contributed by atoms with Gasteiger partial charge in [-0.05, 0) is 18.2 Å². The summed E-state index contributed by atoms with van der Waals surface area (Å²) < 4.78 is 4.63. The van der Waals surface area contributed by atoms with Gasteiger partial charge in [0.1, 0.15) is 0 Å². The molecule has 2 N–H and O–H groups in total. The molecule has 1 aliphatic heterocycles. The van der Waals surface area contributed by atoms with E-state index in [0.29, 0.717) is 16.2 Å². The van der Waals surface area contributed by atoms with E-state index in [2.05, 4.69) is 10.1 Å². The second-order valence-electron chi connectivity index (χ2n) is 3.70. The standard InChI is InChI=1S/C12H10ClNO4/c13-9-3-1-2-7(4-9)11(16)14-10-8(5-15)6-18-12(10)17/h1-4,6,10,15H,5H2,(H,14,16). The molecule has 1 atom stereocenters. The summed E-state index contributed by atoms with van der Waals surface area (Å²) in [6.07, 6.45) is 1.14. The highest BCUT2D eigenvalue weighted by Gasteiger charge is 2.31. The first-order valence-electron chi connectivity index (χ1n) is 5.18. The summed E-state index contributed by atoms with van der Waals surface area (Å²) in [4.78, 5) is 23.2. The molecule has 0 fully saturated rings. The number of rotatable bonds is 3. The number of hydrogen-bond acceptors (Lipinski definition) is 4. The number of hydrogen-bond donors (Lipinski definition) is 2.